The van der Waals surface area contributed by atoms with E-state index in [1.54, 1.807) is 29.2 Å². The smallest absolute Gasteiger partial charge is 0.248 e. The van der Waals surface area contributed by atoms with Crippen molar-refractivity contribution in [1.82, 2.24) is 24.3 Å². The molecule has 0 radical (unpaired) electrons. The predicted octanol–water partition coefficient (Wildman–Crippen LogP) is 4.27. The summed E-state index contributed by atoms with van der Waals surface area (Å²) in [5.74, 6) is -1.26. The number of rotatable bonds is 8. The lowest BCUT2D eigenvalue weighted by molar-refractivity contribution is -0.175. The van der Waals surface area contributed by atoms with Gasteiger partial charge in [0.25, 0.3) is 0 Å². The zero-order valence-electron chi connectivity index (χ0n) is 26.3. The van der Waals surface area contributed by atoms with Crippen LogP contribution in [0.15, 0.2) is 47.4 Å². The lowest BCUT2D eigenvalue weighted by Crippen LogP contribution is -2.77. The average molecular weight is 713 g/mol. The van der Waals surface area contributed by atoms with E-state index >= 15 is 0 Å². The summed E-state index contributed by atoms with van der Waals surface area (Å²) in [6.07, 6.45) is 0.311. The highest BCUT2D eigenvalue weighted by atomic mass is 35.5. The number of piperidine rings is 1. The summed E-state index contributed by atoms with van der Waals surface area (Å²) >= 11 is 18.7. The number of fused-ring (bicyclic) bond motifs is 1. The SMILES string of the molecule is CC(C)N1CC2N(C(=O)C(N(C(=O)C3CCNCC3)C(C)C)CN2S(=O)(=O)c2ccc(Cl)cc2Cl)C(Cc2ccc(Cl)cc2)C1=O. The second-order valence-electron chi connectivity index (χ2n) is 12.7. The minimum Gasteiger partial charge on any atom is -0.335 e. The van der Waals surface area contributed by atoms with Crippen LogP contribution in [0, 0.1) is 5.92 Å². The number of hydrogen-bond acceptors (Lipinski definition) is 6. The third kappa shape index (κ3) is 6.77. The fraction of sp³-hybridized carbons (Fsp3) is 0.531. The van der Waals surface area contributed by atoms with E-state index < -0.39 is 40.2 Å². The Morgan fingerprint density at radius 2 is 1.57 bits per heavy atom. The van der Waals surface area contributed by atoms with E-state index in [1.807, 2.05) is 27.7 Å². The first-order valence-electron chi connectivity index (χ1n) is 15.6. The summed E-state index contributed by atoms with van der Waals surface area (Å²) in [4.78, 5) is 47.4. The van der Waals surface area contributed by atoms with Crippen molar-refractivity contribution in [3.05, 3.63) is 63.1 Å². The van der Waals surface area contributed by atoms with Crippen LogP contribution in [0.1, 0.15) is 46.1 Å². The lowest BCUT2D eigenvalue weighted by Gasteiger charge is -2.55. The van der Waals surface area contributed by atoms with Crippen LogP contribution >= 0.6 is 34.8 Å². The molecule has 3 aliphatic heterocycles. The highest BCUT2D eigenvalue weighted by molar-refractivity contribution is 7.89. The molecule has 0 aliphatic carbocycles. The normalized spacial score (nSPS) is 23.3. The van der Waals surface area contributed by atoms with Crippen molar-refractivity contribution in [2.24, 2.45) is 5.92 Å². The fourth-order valence-electron chi connectivity index (χ4n) is 6.76. The van der Waals surface area contributed by atoms with Gasteiger partial charge in [0.15, 0.2) is 0 Å². The Hall–Kier alpha value is -2.41. The molecule has 46 heavy (non-hydrogen) atoms. The molecule has 1 N–H and O–H groups in total. The number of carbonyl (C=O) groups excluding carboxylic acids is 3. The van der Waals surface area contributed by atoms with Crippen molar-refractivity contribution < 1.29 is 22.8 Å². The molecule has 3 unspecified atom stereocenters. The Balaban J connectivity index is 1.66. The van der Waals surface area contributed by atoms with Gasteiger partial charge in [-0.3, -0.25) is 14.4 Å². The van der Waals surface area contributed by atoms with Gasteiger partial charge in [0.05, 0.1) is 11.6 Å². The van der Waals surface area contributed by atoms with Gasteiger partial charge in [-0.05, 0) is 89.5 Å². The van der Waals surface area contributed by atoms with Crippen LogP contribution in [0.5, 0.6) is 0 Å². The molecule has 5 rings (SSSR count). The quantitative estimate of drug-likeness (QED) is 0.438. The van der Waals surface area contributed by atoms with Crippen LogP contribution < -0.4 is 5.32 Å². The molecule has 3 heterocycles. The molecular weight excluding hydrogens is 673 g/mol. The first-order chi connectivity index (χ1) is 21.7. The number of sulfonamides is 1. The van der Waals surface area contributed by atoms with Crippen LogP contribution in [0.3, 0.4) is 0 Å². The predicted molar refractivity (Wildman–Crippen MR) is 178 cm³/mol. The van der Waals surface area contributed by atoms with Crippen LogP contribution in [0.2, 0.25) is 15.1 Å². The van der Waals surface area contributed by atoms with Crippen molar-refractivity contribution in [3.63, 3.8) is 0 Å². The number of carbonyl (C=O) groups is 3. The molecule has 2 aromatic carbocycles. The van der Waals surface area contributed by atoms with E-state index in [1.165, 1.54) is 32.3 Å². The summed E-state index contributed by atoms with van der Waals surface area (Å²) < 4.78 is 30.4. The lowest BCUT2D eigenvalue weighted by atomic mass is 9.93. The third-order valence-corrected chi connectivity index (χ3v) is 11.9. The van der Waals surface area contributed by atoms with Crippen molar-refractivity contribution in [3.8, 4) is 0 Å². The molecule has 3 atom stereocenters. The molecule has 0 spiro atoms. The Morgan fingerprint density at radius 1 is 0.935 bits per heavy atom. The van der Waals surface area contributed by atoms with Crippen LogP contribution in [-0.4, -0.2) is 102 Å². The molecular formula is C32H40Cl3N5O5S. The molecule has 10 nitrogen and oxygen atoms in total. The molecule has 250 valence electrons. The first-order valence-corrected chi connectivity index (χ1v) is 18.2. The average Bonchev–Trinajstić information content (AvgIpc) is 3.00. The van der Waals surface area contributed by atoms with Crippen LogP contribution in [0.25, 0.3) is 0 Å². The number of piperazine rings is 1. The Morgan fingerprint density at radius 3 is 2.15 bits per heavy atom. The Bertz CT molecular complexity index is 1580. The number of benzene rings is 2. The van der Waals surface area contributed by atoms with Gasteiger partial charge < -0.3 is 20.0 Å². The highest BCUT2D eigenvalue weighted by Gasteiger charge is 2.56. The van der Waals surface area contributed by atoms with Crippen molar-refractivity contribution in [1.29, 1.82) is 0 Å². The van der Waals surface area contributed by atoms with Gasteiger partial charge in [-0.1, -0.05) is 46.9 Å². The largest absolute Gasteiger partial charge is 0.335 e. The van der Waals surface area contributed by atoms with Gasteiger partial charge >= 0.3 is 0 Å². The topological polar surface area (TPSA) is 110 Å². The zero-order chi connectivity index (χ0) is 33.5. The first kappa shape index (κ1) is 34.9. The van der Waals surface area contributed by atoms with Crippen LogP contribution in [-0.2, 0) is 30.8 Å². The van der Waals surface area contributed by atoms with Gasteiger partial charge in [-0.25, -0.2) is 8.42 Å². The van der Waals surface area contributed by atoms with Gasteiger partial charge in [-0.2, -0.15) is 4.31 Å². The van der Waals surface area contributed by atoms with E-state index in [9.17, 15) is 22.8 Å². The highest BCUT2D eigenvalue weighted by Crippen LogP contribution is 2.37. The molecule has 2 aromatic rings. The minimum absolute atomic E-state index is 0.0412. The van der Waals surface area contributed by atoms with Crippen molar-refractivity contribution in [2.45, 2.75) is 82.2 Å². The van der Waals surface area contributed by atoms with E-state index in [2.05, 4.69) is 5.32 Å². The standard InChI is InChI=1S/C32H40Cl3N5O5S/c1-19(2)37-18-29-38(46(44,45)28-10-9-24(34)16-25(28)35)17-27(39(20(3)4)30(41)22-11-13-36-14-12-22)32(43)40(29)26(31(37)42)15-21-5-7-23(33)8-6-21/h5-10,16,19-20,22,26-27,29,36H,11-15,17-18H2,1-4H3. The monoisotopic (exact) mass is 711 g/mol. The summed E-state index contributed by atoms with van der Waals surface area (Å²) in [6.45, 7) is 8.37. The van der Waals surface area contributed by atoms with Gasteiger partial charge in [0.2, 0.25) is 27.7 Å². The summed E-state index contributed by atoms with van der Waals surface area (Å²) in [7, 11) is -4.37. The van der Waals surface area contributed by atoms with E-state index in [0.717, 1.165) is 5.56 Å². The third-order valence-electron chi connectivity index (χ3n) is 9.09. The molecule has 3 aliphatic rings. The minimum atomic E-state index is -4.37. The maximum Gasteiger partial charge on any atom is 0.248 e. The second-order valence-corrected chi connectivity index (χ2v) is 15.8. The van der Waals surface area contributed by atoms with Crippen molar-refractivity contribution >= 4 is 62.5 Å². The molecule has 3 amide bonds. The molecule has 3 fully saturated rings. The molecule has 3 saturated heterocycles. The second kappa shape index (κ2) is 14.0. The van der Waals surface area contributed by atoms with E-state index in [4.69, 9.17) is 34.8 Å². The maximum atomic E-state index is 14.8. The molecule has 0 saturated carbocycles. The van der Waals surface area contributed by atoms with Crippen LogP contribution in [0.4, 0.5) is 0 Å². The molecule has 0 aromatic heterocycles. The maximum absolute atomic E-state index is 14.8. The van der Waals surface area contributed by atoms with Gasteiger partial charge in [0.1, 0.15) is 23.1 Å². The molecule has 14 heteroatoms. The molecule has 0 bridgehead atoms. The summed E-state index contributed by atoms with van der Waals surface area (Å²) in [5.41, 5.74) is 0.753. The number of nitrogens with zero attached hydrogens (tertiary/aromatic N) is 4. The number of amides is 3. The van der Waals surface area contributed by atoms with Gasteiger partial charge in [0, 0.05) is 41.0 Å². The summed E-state index contributed by atoms with van der Waals surface area (Å²) in [6, 6.07) is 8.25. The van der Waals surface area contributed by atoms with Gasteiger partial charge in [-0.15, -0.1) is 0 Å². The van der Waals surface area contributed by atoms with E-state index in [0.29, 0.717) is 31.0 Å². The Kier molecular flexibility index (Phi) is 10.6. The fourth-order valence-corrected chi connectivity index (χ4v) is 9.21. The number of hydrogen-bond donors (Lipinski definition) is 1. The van der Waals surface area contributed by atoms with E-state index in [-0.39, 0.29) is 58.2 Å². The summed E-state index contributed by atoms with van der Waals surface area (Å²) in [5, 5.41) is 3.99. The Labute approximate surface area is 286 Å². The zero-order valence-corrected chi connectivity index (χ0v) is 29.4. The van der Waals surface area contributed by atoms with Crippen molar-refractivity contribution in [2.75, 3.05) is 26.2 Å². The number of halogens is 3. The number of nitrogens with one attached hydrogen (secondary N) is 1.